The van der Waals surface area contributed by atoms with Crippen LogP contribution in [0.4, 0.5) is 0 Å². The van der Waals surface area contributed by atoms with E-state index in [0.29, 0.717) is 12.8 Å². The maximum absolute atomic E-state index is 15.0. The van der Waals surface area contributed by atoms with E-state index in [9.17, 15) is 82.8 Å². The maximum Gasteiger partial charge on any atom is 0.328 e. The highest BCUT2D eigenvalue weighted by molar-refractivity contribution is 6.01. The summed E-state index contributed by atoms with van der Waals surface area (Å²) in [6.45, 7) is 12.5. The van der Waals surface area contributed by atoms with Gasteiger partial charge in [0.2, 0.25) is 82.7 Å². The van der Waals surface area contributed by atoms with Gasteiger partial charge in [0.25, 0.3) is 0 Å². The number of benzene rings is 1. The van der Waals surface area contributed by atoms with Gasteiger partial charge in [-0.3, -0.25) is 67.1 Å². The van der Waals surface area contributed by atoms with Gasteiger partial charge in [-0.25, -0.2) is 4.79 Å². The normalized spacial score (nSPS) is 22.9. The zero-order valence-corrected chi connectivity index (χ0v) is 59.4. The predicted octanol–water partition coefficient (Wildman–Crippen LogP) is -6.52. The van der Waals surface area contributed by atoms with Gasteiger partial charge in [0.05, 0.1) is 31.8 Å². The molecule has 37 heteroatoms. The first kappa shape index (κ1) is 87.7. The van der Waals surface area contributed by atoms with Gasteiger partial charge in [-0.2, -0.15) is 0 Å². The Balaban J connectivity index is 2.88. The molecule has 18 atom stereocenters. The number of allylic oxidation sites excluding steroid dienone is 1. The summed E-state index contributed by atoms with van der Waals surface area (Å²) in [5.41, 5.74) is 23.6. The van der Waals surface area contributed by atoms with Crippen LogP contribution in [0, 0.1) is 17.8 Å². The molecule has 1 aromatic carbocycles. The average Bonchev–Trinajstić information content (AvgIpc) is 0.818. The molecule has 0 aromatic heterocycles. The number of primary amides is 3. The van der Waals surface area contributed by atoms with Crippen LogP contribution < -0.4 is 70.8 Å². The SMILES string of the molecule is CCC/C(C)=C/C(O)CC(=O)NC(C(=O)NC(C(=O)NC(C(=O)NC(C(=O)NC1C(=O)NC(COC)C(=O)NCC(=O)NC(CC(C)C)C(=O)N(C)C(CCC(N)=O)C(=O)NC(C(OC)c2ccc(O)cc2)C(=O)N(C)C(C)C(=O)OC1C)C(C)C(C)C(N)=O)C(C)N)C(C)O)C(O)C(N)=O. The van der Waals surface area contributed by atoms with Gasteiger partial charge in [0.1, 0.15) is 78.4 Å². The van der Waals surface area contributed by atoms with Crippen LogP contribution >= 0.6 is 0 Å². The molecule has 21 N–H and O–H groups in total. The number of carbonyl (C=O) groups excluding carboxylic acids is 15. The monoisotopic (exact) mass is 1430 g/mol. The molecule has 0 spiro atoms. The van der Waals surface area contributed by atoms with Gasteiger partial charge in [-0.15, -0.1) is 0 Å². The zero-order chi connectivity index (χ0) is 77.2. The third-order valence-electron chi connectivity index (χ3n) is 16.7. The molecule has 0 saturated carbocycles. The first-order valence-corrected chi connectivity index (χ1v) is 32.6. The molecule has 0 bridgehead atoms. The number of methoxy groups -OCH3 is 2. The van der Waals surface area contributed by atoms with Crippen LogP contribution in [0.5, 0.6) is 5.75 Å². The van der Waals surface area contributed by atoms with Crippen molar-refractivity contribution in [3.05, 3.63) is 41.5 Å². The number of hydrogen-bond donors (Lipinski definition) is 17. The molecule has 1 heterocycles. The highest BCUT2D eigenvalue weighted by atomic mass is 16.5. The summed E-state index contributed by atoms with van der Waals surface area (Å²) in [5, 5.41) is 63.1. The van der Waals surface area contributed by atoms with Crippen LogP contribution in [0.3, 0.4) is 0 Å². The van der Waals surface area contributed by atoms with Crippen LogP contribution in [0.2, 0.25) is 0 Å². The molecule has 14 amide bonds. The molecular formula is C64H103N15O22. The van der Waals surface area contributed by atoms with E-state index in [0.717, 1.165) is 43.4 Å². The molecule has 2 rings (SSSR count). The van der Waals surface area contributed by atoms with E-state index in [1.165, 1.54) is 72.2 Å². The average molecular weight is 1430 g/mol. The predicted molar refractivity (Wildman–Crippen MR) is 358 cm³/mol. The standard InChI is InChI=1S/C64H103N15O22/c1-15-16-29(4)24-38(82)25-43(84)72-49(51(86)54(68)88)61(95)75-47(34(9)80)59(93)74-46(32(7)65)58(92)73-45(30(5)31(6)53(67)87)57(91)76-48-35(10)101-64(98)33(8)78(11)63(97)50(52(100-14)36-17-19-37(81)20-18-36)77-56(90)41(21-22-42(66)83)79(12)62(96)39(23-28(2)3)70-44(85)26-69-55(89)40(27-99-13)71-60(48)94/h17-20,24,28,30-35,38-41,45-52,80-82,86H,15-16,21-23,25-27,65H2,1-14H3,(H2,66,83)(H2,67,87)(H2,68,88)(H,69,89)(H,70,85)(H,71,94)(H,72,84)(H,73,92)(H,74,93)(H,75,95)(H,76,91)(H,77,90)/b29-24+. The Morgan fingerprint density at radius 1 is 0.713 bits per heavy atom. The number of nitrogens with zero attached hydrogens (tertiary/aromatic N) is 2. The van der Waals surface area contributed by atoms with Crippen molar-refractivity contribution in [2.75, 3.05) is 41.5 Å². The summed E-state index contributed by atoms with van der Waals surface area (Å²) in [7, 11) is 4.62. The summed E-state index contributed by atoms with van der Waals surface area (Å²) in [5.74, 6) is -21.0. The lowest BCUT2D eigenvalue weighted by molar-refractivity contribution is -0.161. The lowest BCUT2D eigenvalue weighted by Gasteiger charge is -2.36. The number of rotatable bonds is 31. The number of likely N-dealkylation sites (N-methyl/N-ethyl adjacent to an activating group) is 2. The van der Waals surface area contributed by atoms with Crippen LogP contribution in [-0.4, -0.2) is 251 Å². The van der Waals surface area contributed by atoms with Crippen LogP contribution in [0.15, 0.2) is 35.9 Å². The molecule has 0 radical (unpaired) electrons. The molecule has 566 valence electrons. The Hall–Kier alpha value is -9.43. The number of phenols is 1. The molecule has 1 fully saturated rings. The fourth-order valence-electron chi connectivity index (χ4n) is 10.5. The molecule has 0 aliphatic carbocycles. The summed E-state index contributed by atoms with van der Waals surface area (Å²) in [6, 6.07) is -15.0. The number of esters is 1. The van der Waals surface area contributed by atoms with Gasteiger partial charge in [-0.1, -0.05) is 64.8 Å². The smallest absolute Gasteiger partial charge is 0.328 e. The summed E-state index contributed by atoms with van der Waals surface area (Å²) in [4.78, 5) is 211. The number of cyclic esters (lactones) is 1. The molecule has 37 nitrogen and oxygen atoms in total. The minimum atomic E-state index is -2.45. The molecule has 18 unspecified atom stereocenters. The van der Waals surface area contributed by atoms with Crippen LogP contribution in [0.1, 0.15) is 119 Å². The van der Waals surface area contributed by atoms with E-state index in [-0.39, 0.29) is 23.7 Å². The topological polar surface area (TPSA) is 583 Å². The second-order valence-electron chi connectivity index (χ2n) is 25.5. The van der Waals surface area contributed by atoms with Gasteiger partial charge >= 0.3 is 5.97 Å². The fraction of sp³-hybridized carbons (Fsp3) is 0.641. The number of aliphatic hydroxyl groups excluding tert-OH is 3. The van der Waals surface area contributed by atoms with E-state index in [4.69, 9.17) is 37.1 Å². The van der Waals surface area contributed by atoms with Crippen molar-refractivity contribution in [1.82, 2.24) is 57.7 Å². The molecule has 1 aromatic rings. The van der Waals surface area contributed by atoms with Gasteiger partial charge in [-0.05, 0) is 83.4 Å². The third kappa shape index (κ3) is 26.9. The number of ether oxygens (including phenoxy) is 3. The van der Waals surface area contributed by atoms with Crippen molar-refractivity contribution in [3.8, 4) is 5.75 Å². The number of amides is 14. The second kappa shape index (κ2) is 41.3. The lowest BCUT2D eigenvalue weighted by atomic mass is 9.87. The van der Waals surface area contributed by atoms with Crippen molar-refractivity contribution in [2.45, 2.75) is 205 Å². The van der Waals surface area contributed by atoms with Crippen molar-refractivity contribution in [1.29, 1.82) is 0 Å². The Kier molecular flexibility index (Phi) is 35.9. The number of nitrogens with one attached hydrogen (secondary N) is 9. The summed E-state index contributed by atoms with van der Waals surface area (Å²) < 4.78 is 16.8. The number of phenolic OH excluding ortho intramolecular Hbond substituents is 1. The van der Waals surface area contributed by atoms with Gasteiger partial charge in [0.15, 0.2) is 6.10 Å². The van der Waals surface area contributed by atoms with E-state index in [2.05, 4.69) is 47.9 Å². The van der Waals surface area contributed by atoms with Gasteiger partial charge in [0, 0.05) is 46.7 Å². The molecule has 1 saturated heterocycles. The van der Waals surface area contributed by atoms with Gasteiger partial charge < -0.3 is 115 Å². The third-order valence-corrected chi connectivity index (χ3v) is 16.7. The van der Waals surface area contributed by atoms with E-state index >= 15 is 9.59 Å². The highest BCUT2D eigenvalue weighted by Crippen LogP contribution is 2.26. The maximum atomic E-state index is 15.0. The van der Waals surface area contributed by atoms with Crippen molar-refractivity contribution >= 4 is 88.7 Å². The van der Waals surface area contributed by atoms with E-state index in [1.807, 2.05) is 6.92 Å². The Bertz CT molecular complexity index is 3130. The molecule has 1 aliphatic heterocycles. The van der Waals surface area contributed by atoms with Crippen molar-refractivity contribution in [3.63, 3.8) is 0 Å². The minimum absolute atomic E-state index is 0.0576. The molecular weight excluding hydrogens is 1330 g/mol. The number of nitrogens with two attached hydrogens (primary N) is 4. The Morgan fingerprint density at radius 2 is 1.29 bits per heavy atom. The number of aliphatic hydroxyl groups is 3. The first-order chi connectivity index (χ1) is 47.0. The Labute approximate surface area is 585 Å². The zero-order valence-electron chi connectivity index (χ0n) is 59.4. The first-order valence-electron chi connectivity index (χ1n) is 32.6. The molecule has 101 heavy (non-hydrogen) atoms. The number of hydrogen-bond acceptors (Lipinski definition) is 23. The number of aromatic hydroxyl groups is 1. The largest absolute Gasteiger partial charge is 0.508 e. The quantitative estimate of drug-likeness (QED) is 0.0243. The lowest BCUT2D eigenvalue weighted by Crippen LogP contribution is -2.66. The van der Waals surface area contributed by atoms with Crippen molar-refractivity contribution in [2.24, 2.45) is 40.7 Å². The fourth-order valence-corrected chi connectivity index (χ4v) is 10.5. The van der Waals surface area contributed by atoms with Crippen LogP contribution in [-0.2, 0) is 86.1 Å². The number of carbonyl (C=O) groups is 15. The van der Waals surface area contributed by atoms with E-state index < -0.39 is 230 Å². The molecule has 1 aliphatic rings. The summed E-state index contributed by atoms with van der Waals surface area (Å²) in [6.07, 6.45) is -8.00. The van der Waals surface area contributed by atoms with E-state index in [1.54, 1.807) is 20.8 Å². The second-order valence-corrected chi connectivity index (χ2v) is 25.5. The van der Waals surface area contributed by atoms with Crippen molar-refractivity contribution < 1.29 is 107 Å². The summed E-state index contributed by atoms with van der Waals surface area (Å²) >= 11 is 0. The highest BCUT2D eigenvalue weighted by Gasteiger charge is 2.45. The van der Waals surface area contributed by atoms with Crippen LogP contribution in [0.25, 0.3) is 0 Å². The minimum Gasteiger partial charge on any atom is -0.508 e. The Morgan fingerprint density at radius 3 is 1.81 bits per heavy atom.